The van der Waals surface area contributed by atoms with Crippen LogP contribution in [-0.2, 0) is 42.5 Å². The van der Waals surface area contributed by atoms with Gasteiger partial charge >= 0.3 is 5.84 Å². The minimum Gasteiger partial charge on any atom is -0.523 e. The fourth-order valence-electron chi connectivity index (χ4n) is 2.59. The topological polar surface area (TPSA) is 99.6 Å². The van der Waals surface area contributed by atoms with Gasteiger partial charge < -0.3 is 9.15 Å². The summed E-state index contributed by atoms with van der Waals surface area (Å²) in [6.45, 7) is 0. The third kappa shape index (κ3) is 3.67. The van der Waals surface area contributed by atoms with Crippen molar-refractivity contribution in [1.82, 2.24) is 19.4 Å². The van der Waals surface area contributed by atoms with Crippen LogP contribution >= 0.6 is 0 Å². The van der Waals surface area contributed by atoms with Gasteiger partial charge in [0.15, 0.2) is 0 Å². The number of hydrogen-bond acceptors (Lipinski definition) is 7. The molecule has 0 amide bonds. The number of methoxy groups -OCH3 is 1. The van der Waals surface area contributed by atoms with Crippen LogP contribution in [-0.4, -0.2) is 41.1 Å². The number of oxazole rings is 1. The Labute approximate surface area is 180 Å². The van der Waals surface area contributed by atoms with Crippen molar-refractivity contribution in [3.63, 3.8) is 0 Å². The summed E-state index contributed by atoms with van der Waals surface area (Å²) in [4.78, 5) is 12.5. The predicted molar refractivity (Wildman–Crippen MR) is 92.4 cm³/mol. The Morgan fingerprint density at radius 3 is 2.81 bits per heavy atom. The van der Waals surface area contributed by atoms with Crippen LogP contribution in [0.15, 0.2) is 52.5 Å². The number of benzene rings is 1. The molecule has 0 saturated carbocycles. The molecule has 4 aromatic rings. The zero-order valence-electron chi connectivity index (χ0n) is 14.4. The van der Waals surface area contributed by atoms with Crippen LogP contribution in [0.3, 0.4) is 0 Å². The van der Waals surface area contributed by atoms with E-state index in [9.17, 15) is 8.42 Å². The molecule has 0 bridgehead atoms. The second-order valence-electron chi connectivity index (χ2n) is 5.51. The Kier molecular flexibility index (Phi) is 5.46. The van der Waals surface area contributed by atoms with Gasteiger partial charge in [-0.3, -0.25) is 4.40 Å². The minimum absolute atomic E-state index is 0. The Hall–Kier alpha value is -2.10. The summed E-state index contributed by atoms with van der Waals surface area (Å²) < 4.78 is 36.0. The maximum atomic E-state index is 11.8. The number of aromatic nitrogens is 4. The standard InChI is InChI=1S/C17H13N4O4S.Y/c1-24-12-5-3-4-11(10-12)14-15(21-8-9-25-17(21)20-14)13-6-7-18-16(19-13)26(2,22)23;/h3-4,6-10H,1-2H3;/q-1;. The first kappa shape index (κ1) is 19.7. The molecule has 3 aromatic heterocycles. The molecule has 4 rings (SSSR count). The van der Waals surface area contributed by atoms with Crippen molar-refractivity contribution in [2.75, 3.05) is 13.4 Å². The van der Waals surface area contributed by atoms with Crippen LogP contribution in [0.25, 0.3) is 28.5 Å². The van der Waals surface area contributed by atoms with E-state index < -0.39 is 9.84 Å². The zero-order valence-corrected chi connectivity index (χ0v) is 18.1. The third-order valence-corrected chi connectivity index (χ3v) is 4.60. The maximum Gasteiger partial charge on any atom is 0.306 e. The summed E-state index contributed by atoms with van der Waals surface area (Å²) in [6.07, 6.45) is 5.65. The molecule has 8 nitrogen and oxygen atoms in total. The first-order valence-corrected chi connectivity index (χ1v) is 9.41. The first-order valence-electron chi connectivity index (χ1n) is 7.52. The maximum absolute atomic E-state index is 11.8. The first-order chi connectivity index (χ1) is 12.5. The van der Waals surface area contributed by atoms with Crippen molar-refractivity contribution in [3.8, 4) is 28.4 Å². The summed E-state index contributed by atoms with van der Waals surface area (Å²) in [5.74, 6) is 0.916. The number of nitrogens with zero attached hydrogens (tertiary/aromatic N) is 4. The van der Waals surface area contributed by atoms with E-state index in [1.54, 1.807) is 35.9 Å². The quantitative estimate of drug-likeness (QED) is 0.342. The summed E-state index contributed by atoms with van der Waals surface area (Å²) in [6, 6.07) is 9.92. The average molecular weight is 458 g/mol. The largest absolute Gasteiger partial charge is 0.523 e. The van der Waals surface area contributed by atoms with Gasteiger partial charge in [0.1, 0.15) is 12.0 Å². The number of hydrogen-bond donors (Lipinski definition) is 0. The van der Waals surface area contributed by atoms with Crippen LogP contribution in [0, 0.1) is 6.07 Å². The molecular formula is C17H13N4O4SY-. The third-order valence-electron chi connectivity index (χ3n) is 3.74. The van der Waals surface area contributed by atoms with Gasteiger partial charge in [-0.15, -0.1) is 17.7 Å². The summed E-state index contributed by atoms with van der Waals surface area (Å²) in [5.41, 5.74) is 2.34. The van der Waals surface area contributed by atoms with Crippen LogP contribution < -0.4 is 4.74 Å². The molecule has 0 N–H and O–H groups in total. The van der Waals surface area contributed by atoms with Crippen molar-refractivity contribution in [1.29, 1.82) is 0 Å². The van der Waals surface area contributed by atoms with Crippen LogP contribution in [0.2, 0.25) is 0 Å². The molecule has 27 heavy (non-hydrogen) atoms. The van der Waals surface area contributed by atoms with Gasteiger partial charge in [0.05, 0.1) is 18.5 Å². The van der Waals surface area contributed by atoms with Crippen LogP contribution in [0.5, 0.6) is 5.75 Å². The fourth-order valence-corrected chi connectivity index (χ4v) is 3.11. The number of sulfone groups is 1. The van der Waals surface area contributed by atoms with Crippen LogP contribution in [0.4, 0.5) is 0 Å². The summed E-state index contributed by atoms with van der Waals surface area (Å²) in [7, 11) is -1.99. The van der Waals surface area contributed by atoms with E-state index in [1.807, 2.05) is 6.07 Å². The second kappa shape index (κ2) is 7.49. The average Bonchev–Trinajstić information content (AvgIpc) is 3.22. The van der Waals surface area contributed by atoms with E-state index in [2.05, 4.69) is 21.0 Å². The van der Waals surface area contributed by atoms with E-state index in [0.29, 0.717) is 28.7 Å². The summed E-state index contributed by atoms with van der Waals surface area (Å²) >= 11 is 0. The zero-order chi connectivity index (χ0) is 18.3. The van der Waals surface area contributed by atoms with Gasteiger partial charge in [0, 0.05) is 57.1 Å². The Morgan fingerprint density at radius 2 is 2.07 bits per heavy atom. The van der Waals surface area contributed by atoms with Gasteiger partial charge in [0.25, 0.3) is 0 Å². The minimum atomic E-state index is -3.54. The van der Waals surface area contributed by atoms with Crippen molar-refractivity contribution in [2.45, 2.75) is 5.16 Å². The Morgan fingerprint density at radius 1 is 1.26 bits per heavy atom. The van der Waals surface area contributed by atoms with Gasteiger partial charge in [-0.05, 0) is 6.07 Å². The molecule has 0 unspecified atom stereocenters. The Balaban J connectivity index is 0.00000210. The van der Waals surface area contributed by atoms with E-state index in [4.69, 9.17) is 9.15 Å². The predicted octanol–water partition coefficient (Wildman–Crippen LogP) is 2.26. The molecule has 0 aliphatic heterocycles. The van der Waals surface area contributed by atoms with Gasteiger partial charge in [-0.1, -0.05) is 0 Å². The molecule has 3 heterocycles. The molecular weight excluding hydrogens is 445 g/mol. The molecule has 10 heteroatoms. The Bertz CT molecular complexity index is 1220. The molecule has 135 valence electrons. The molecule has 1 aromatic carbocycles. The monoisotopic (exact) mass is 458 g/mol. The van der Waals surface area contributed by atoms with E-state index in [0.717, 1.165) is 11.8 Å². The molecule has 0 saturated heterocycles. The molecule has 0 aliphatic rings. The number of rotatable bonds is 4. The van der Waals surface area contributed by atoms with Gasteiger partial charge in [-0.2, -0.15) is 17.1 Å². The van der Waals surface area contributed by atoms with Gasteiger partial charge in [-0.25, -0.2) is 18.4 Å². The smallest absolute Gasteiger partial charge is 0.306 e. The molecule has 1 radical (unpaired) electrons. The SMILES string of the molecule is COc1[c-]ccc(-c2nc3occn3c2-c2ccnc(S(C)(=O)=O)n2)c1.[Y]. The molecule has 0 aliphatic carbocycles. The number of fused-ring (bicyclic) bond motifs is 1. The van der Waals surface area contributed by atoms with Crippen molar-refractivity contribution in [2.24, 2.45) is 0 Å². The van der Waals surface area contributed by atoms with E-state index in [-0.39, 0.29) is 37.9 Å². The fraction of sp³-hybridized carbons (Fsp3) is 0.118. The van der Waals surface area contributed by atoms with E-state index >= 15 is 0 Å². The second-order valence-corrected chi connectivity index (χ2v) is 7.42. The van der Waals surface area contributed by atoms with Crippen molar-refractivity contribution < 1.29 is 50.3 Å². The number of ether oxygens (including phenoxy) is 1. The summed E-state index contributed by atoms with van der Waals surface area (Å²) in [5, 5.41) is -0.252. The van der Waals surface area contributed by atoms with Gasteiger partial charge in [0.2, 0.25) is 15.0 Å². The molecule has 0 atom stereocenters. The number of imidazole rings is 1. The van der Waals surface area contributed by atoms with Crippen molar-refractivity contribution >= 4 is 15.7 Å². The van der Waals surface area contributed by atoms with Crippen LogP contribution in [0.1, 0.15) is 0 Å². The molecule has 0 fully saturated rings. The van der Waals surface area contributed by atoms with Crippen molar-refractivity contribution in [3.05, 3.63) is 49.0 Å². The normalized spacial score (nSPS) is 11.3. The molecule has 0 spiro atoms. The van der Waals surface area contributed by atoms with E-state index in [1.165, 1.54) is 12.5 Å².